The fourth-order valence-electron chi connectivity index (χ4n) is 0.977. The standard InChI is InChI=1S/C9H24OSi2/c1-8(9(2,3)11-4)10-12(5,6)7/h8H,11H2,1-7H3. The lowest BCUT2D eigenvalue weighted by molar-refractivity contribution is 0.171. The van der Waals surface area contributed by atoms with Crippen molar-refractivity contribution in [2.45, 2.75) is 58.1 Å². The average Bonchev–Trinajstić information content (AvgIpc) is 1.84. The highest BCUT2D eigenvalue weighted by Gasteiger charge is 2.29. The minimum atomic E-state index is -1.32. The topological polar surface area (TPSA) is 9.23 Å². The number of hydrogen-bond acceptors (Lipinski definition) is 1. The van der Waals surface area contributed by atoms with Crippen LogP contribution in [0.1, 0.15) is 20.8 Å². The van der Waals surface area contributed by atoms with Gasteiger partial charge in [0.15, 0.2) is 8.32 Å². The molecule has 0 rings (SSSR count). The summed E-state index contributed by atoms with van der Waals surface area (Å²) in [6, 6.07) is 0. The van der Waals surface area contributed by atoms with Crippen molar-refractivity contribution in [3.05, 3.63) is 0 Å². The van der Waals surface area contributed by atoms with Crippen molar-refractivity contribution >= 4 is 17.8 Å². The van der Waals surface area contributed by atoms with Gasteiger partial charge in [-0.2, -0.15) is 0 Å². The predicted molar refractivity (Wildman–Crippen MR) is 62.3 cm³/mol. The molecule has 74 valence electrons. The first-order valence-electron chi connectivity index (χ1n) is 4.87. The molecule has 3 heteroatoms. The maximum absolute atomic E-state index is 6.07. The summed E-state index contributed by atoms with van der Waals surface area (Å²) >= 11 is 0. The molecule has 0 amide bonds. The van der Waals surface area contributed by atoms with E-state index in [1.54, 1.807) is 0 Å². The van der Waals surface area contributed by atoms with Crippen LogP contribution in [0.2, 0.25) is 31.2 Å². The van der Waals surface area contributed by atoms with Gasteiger partial charge in [-0.1, -0.05) is 20.4 Å². The second kappa shape index (κ2) is 4.07. The fourth-order valence-corrected chi connectivity index (χ4v) is 3.18. The Bertz CT molecular complexity index is 138. The van der Waals surface area contributed by atoms with Crippen molar-refractivity contribution in [1.82, 2.24) is 0 Å². The van der Waals surface area contributed by atoms with Crippen LogP contribution in [-0.2, 0) is 4.43 Å². The summed E-state index contributed by atoms with van der Waals surface area (Å²) in [6.07, 6.45) is 0.445. The molecular weight excluding hydrogens is 180 g/mol. The van der Waals surface area contributed by atoms with Crippen molar-refractivity contribution in [2.24, 2.45) is 0 Å². The monoisotopic (exact) mass is 204 g/mol. The Balaban J connectivity index is 4.13. The summed E-state index contributed by atoms with van der Waals surface area (Å²) in [5, 5.41) is 0.459. The number of hydrogen-bond donors (Lipinski definition) is 0. The first-order chi connectivity index (χ1) is 5.19. The van der Waals surface area contributed by atoms with Gasteiger partial charge in [0, 0.05) is 15.6 Å². The van der Waals surface area contributed by atoms with Crippen LogP contribution >= 0.6 is 0 Å². The van der Waals surface area contributed by atoms with Gasteiger partial charge in [0.05, 0.1) is 0 Å². The van der Waals surface area contributed by atoms with Crippen molar-refractivity contribution in [3.8, 4) is 0 Å². The molecule has 1 unspecified atom stereocenters. The Morgan fingerprint density at radius 1 is 1.25 bits per heavy atom. The SMILES string of the molecule is C[SiH2]C(C)(C)C(C)O[Si](C)(C)C. The predicted octanol–water partition coefficient (Wildman–Crippen LogP) is 2.64. The van der Waals surface area contributed by atoms with Crippen LogP contribution in [0.5, 0.6) is 0 Å². The zero-order chi connectivity index (χ0) is 9.99. The van der Waals surface area contributed by atoms with E-state index in [0.717, 1.165) is 0 Å². The van der Waals surface area contributed by atoms with E-state index in [-0.39, 0.29) is 9.52 Å². The van der Waals surface area contributed by atoms with E-state index >= 15 is 0 Å². The fraction of sp³-hybridized carbons (Fsp3) is 1.00. The van der Waals surface area contributed by atoms with E-state index in [0.29, 0.717) is 11.1 Å². The lowest BCUT2D eigenvalue weighted by Crippen LogP contribution is -2.37. The molecule has 0 fully saturated rings. The summed E-state index contributed by atoms with van der Waals surface area (Å²) in [6.45, 7) is 16.1. The third-order valence-electron chi connectivity index (χ3n) is 2.54. The molecule has 1 atom stereocenters. The molecule has 0 saturated heterocycles. The van der Waals surface area contributed by atoms with Gasteiger partial charge in [-0.15, -0.1) is 0 Å². The Morgan fingerprint density at radius 2 is 1.67 bits per heavy atom. The molecular formula is C9H24OSi2. The van der Waals surface area contributed by atoms with E-state index in [9.17, 15) is 0 Å². The molecule has 0 saturated carbocycles. The normalized spacial score (nSPS) is 17.2. The third-order valence-corrected chi connectivity index (χ3v) is 6.00. The Morgan fingerprint density at radius 3 is 1.92 bits per heavy atom. The van der Waals surface area contributed by atoms with Crippen molar-refractivity contribution in [1.29, 1.82) is 0 Å². The molecule has 1 nitrogen and oxygen atoms in total. The summed E-state index contributed by atoms with van der Waals surface area (Å²) in [5.41, 5.74) is 0. The Labute approximate surface area is 80.9 Å². The van der Waals surface area contributed by atoms with Gasteiger partial charge < -0.3 is 4.43 Å². The van der Waals surface area contributed by atoms with Gasteiger partial charge in [0.1, 0.15) is 0 Å². The van der Waals surface area contributed by atoms with Gasteiger partial charge in [0.2, 0.25) is 0 Å². The summed E-state index contributed by atoms with van der Waals surface area (Å²) in [4.78, 5) is 0. The van der Waals surface area contributed by atoms with Crippen LogP contribution in [0.4, 0.5) is 0 Å². The van der Waals surface area contributed by atoms with Crippen molar-refractivity contribution in [3.63, 3.8) is 0 Å². The molecule has 0 aliphatic heterocycles. The highest BCUT2D eigenvalue weighted by molar-refractivity contribution is 6.69. The van der Waals surface area contributed by atoms with Gasteiger partial charge in [-0.05, 0) is 31.6 Å². The molecule has 0 spiro atoms. The lowest BCUT2D eigenvalue weighted by atomic mass is 10.1. The van der Waals surface area contributed by atoms with Crippen LogP contribution < -0.4 is 0 Å². The first-order valence-corrected chi connectivity index (χ1v) is 10.4. The third kappa shape index (κ3) is 4.43. The van der Waals surface area contributed by atoms with Crippen LogP contribution in [0, 0.1) is 0 Å². The largest absolute Gasteiger partial charge is 0.415 e. The molecule has 0 aliphatic carbocycles. The van der Waals surface area contributed by atoms with Gasteiger partial charge in [-0.25, -0.2) is 0 Å². The Kier molecular flexibility index (Phi) is 4.20. The average molecular weight is 204 g/mol. The van der Waals surface area contributed by atoms with Crippen LogP contribution in [0.25, 0.3) is 0 Å². The molecule has 0 aromatic heterocycles. The molecule has 0 heterocycles. The van der Waals surface area contributed by atoms with Gasteiger partial charge >= 0.3 is 0 Å². The lowest BCUT2D eigenvalue weighted by Gasteiger charge is -2.35. The number of rotatable bonds is 4. The van der Waals surface area contributed by atoms with E-state index in [4.69, 9.17) is 4.43 Å². The van der Waals surface area contributed by atoms with Gasteiger partial charge in [0.25, 0.3) is 0 Å². The van der Waals surface area contributed by atoms with E-state index in [1.165, 1.54) is 0 Å². The zero-order valence-corrected chi connectivity index (χ0v) is 12.1. The minimum Gasteiger partial charge on any atom is -0.415 e. The van der Waals surface area contributed by atoms with Gasteiger partial charge in [-0.3, -0.25) is 0 Å². The van der Waals surface area contributed by atoms with E-state index < -0.39 is 8.32 Å². The summed E-state index contributed by atoms with van der Waals surface area (Å²) < 4.78 is 6.07. The molecule has 12 heavy (non-hydrogen) atoms. The first kappa shape index (κ1) is 12.4. The van der Waals surface area contributed by atoms with Crippen LogP contribution in [-0.4, -0.2) is 23.9 Å². The van der Waals surface area contributed by atoms with Crippen LogP contribution in [0.15, 0.2) is 0 Å². The Hall–Kier alpha value is 0.394. The van der Waals surface area contributed by atoms with Crippen LogP contribution in [0.3, 0.4) is 0 Å². The van der Waals surface area contributed by atoms with Crippen molar-refractivity contribution < 1.29 is 4.43 Å². The summed E-state index contributed by atoms with van der Waals surface area (Å²) in [5.74, 6) is 0. The summed E-state index contributed by atoms with van der Waals surface area (Å²) in [7, 11) is -1.30. The highest BCUT2D eigenvalue weighted by Crippen LogP contribution is 2.31. The maximum Gasteiger partial charge on any atom is 0.184 e. The van der Waals surface area contributed by atoms with E-state index in [1.807, 2.05) is 0 Å². The molecule has 0 bridgehead atoms. The molecule has 0 aromatic rings. The molecule has 0 radical (unpaired) electrons. The smallest absolute Gasteiger partial charge is 0.184 e. The quantitative estimate of drug-likeness (QED) is 0.640. The molecule has 0 aromatic carbocycles. The second-order valence-corrected chi connectivity index (χ2v) is 12.2. The maximum atomic E-state index is 6.07. The highest BCUT2D eigenvalue weighted by atomic mass is 28.4. The minimum absolute atomic E-state index is 0.0227. The second-order valence-electron chi connectivity index (χ2n) is 5.21. The molecule has 0 aliphatic rings. The zero-order valence-electron chi connectivity index (χ0n) is 9.69. The van der Waals surface area contributed by atoms with E-state index in [2.05, 4.69) is 47.0 Å². The molecule has 0 N–H and O–H groups in total. The van der Waals surface area contributed by atoms with Crippen molar-refractivity contribution in [2.75, 3.05) is 0 Å².